The highest BCUT2D eigenvalue weighted by Crippen LogP contribution is 2.08. The monoisotopic (exact) mass is 347 g/mol. The Labute approximate surface area is 125 Å². The summed E-state index contributed by atoms with van der Waals surface area (Å²) in [4.78, 5) is 24.5. The highest BCUT2D eigenvalue weighted by Gasteiger charge is 2.17. The van der Waals surface area contributed by atoms with Gasteiger partial charge in [0.2, 0.25) is 0 Å². The van der Waals surface area contributed by atoms with E-state index < -0.39 is 10.8 Å². The molecular formula is C12H18BrN3O4. The van der Waals surface area contributed by atoms with Gasteiger partial charge in [-0.1, -0.05) is 15.9 Å². The van der Waals surface area contributed by atoms with Crippen molar-refractivity contribution in [1.29, 1.82) is 0 Å². The smallest absolute Gasteiger partial charge is 0.321 e. The fourth-order valence-electron chi connectivity index (χ4n) is 1.48. The molecule has 0 N–H and O–H groups in total. The molecule has 0 amide bonds. The predicted molar refractivity (Wildman–Crippen MR) is 78.4 cm³/mol. The van der Waals surface area contributed by atoms with Crippen LogP contribution in [0.4, 0.5) is 5.69 Å². The van der Waals surface area contributed by atoms with Gasteiger partial charge in [0, 0.05) is 26.8 Å². The van der Waals surface area contributed by atoms with E-state index in [4.69, 9.17) is 4.74 Å². The van der Waals surface area contributed by atoms with Crippen molar-refractivity contribution >= 4 is 27.6 Å². The summed E-state index contributed by atoms with van der Waals surface area (Å²) in [6.07, 6.45) is 1.58. The summed E-state index contributed by atoms with van der Waals surface area (Å²) in [6, 6.07) is 1.47. The zero-order valence-corrected chi connectivity index (χ0v) is 13.3. The number of carbonyl (C=O) groups excluding carboxylic acids is 1. The van der Waals surface area contributed by atoms with Gasteiger partial charge in [-0.15, -0.1) is 0 Å². The van der Waals surface area contributed by atoms with Crippen LogP contribution in [0.2, 0.25) is 0 Å². The van der Waals surface area contributed by atoms with Crippen LogP contribution >= 0.6 is 15.9 Å². The molecule has 0 aliphatic heterocycles. The number of halogens is 1. The van der Waals surface area contributed by atoms with Gasteiger partial charge in [-0.05, 0) is 0 Å². The maximum atomic E-state index is 11.9. The van der Waals surface area contributed by atoms with Crippen molar-refractivity contribution in [1.82, 2.24) is 9.78 Å². The molecular weight excluding hydrogens is 330 g/mol. The Morgan fingerprint density at radius 2 is 2.25 bits per heavy atom. The number of likely N-dealkylation sites (N-methyl/N-ethyl adjacent to an activating group) is 1. The quantitative estimate of drug-likeness (QED) is 0.520. The third kappa shape index (κ3) is 4.61. The third-order valence-corrected chi connectivity index (χ3v) is 3.38. The van der Waals surface area contributed by atoms with E-state index in [1.165, 1.54) is 17.9 Å². The average Bonchev–Trinajstić information content (AvgIpc) is 2.45. The number of esters is 1. The maximum absolute atomic E-state index is 11.9. The summed E-state index contributed by atoms with van der Waals surface area (Å²) in [5.74, 6) is -0.444. The Kier molecular flexibility index (Phi) is 6.66. The van der Waals surface area contributed by atoms with Gasteiger partial charge in [-0.3, -0.25) is 9.59 Å². The minimum atomic E-state index is -0.602. The van der Waals surface area contributed by atoms with Crippen LogP contribution in [0.15, 0.2) is 17.1 Å². The lowest BCUT2D eigenvalue weighted by atomic mass is 10.4. The van der Waals surface area contributed by atoms with Gasteiger partial charge in [0.15, 0.2) is 0 Å². The Morgan fingerprint density at radius 3 is 2.80 bits per heavy atom. The number of carbonyl (C=O) groups is 1. The Hall–Kier alpha value is -1.41. The van der Waals surface area contributed by atoms with E-state index in [1.807, 2.05) is 11.9 Å². The fourth-order valence-corrected chi connectivity index (χ4v) is 1.94. The van der Waals surface area contributed by atoms with Gasteiger partial charge in [-0.2, -0.15) is 5.10 Å². The zero-order chi connectivity index (χ0) is 15.1. The van der Waals surface area contributed by atoms with E-state index in [2.05, 4.69) is 25.8 Å². The predicted octanol–water partition coefficient (Wildman–Crippen LogP) is 0.262. The van der Waals surface area contributed by atoms with Crippen molar-refractivity contribution in [2.75, 3.05) is 39.3 Å². The van der Waals surface area contributed by atoms with Crippen molar-refractivity contribution in [2.24, 2.45) is 0 Å². The molecule has 0 aliphatic rings. The van der Waals surface area contributed by atoms with E-state index in [0.717, 1.165) is 0 Å². The van der Waals surface area contributed by atoms with Gasteiger partial charge >= 0.3 is 5.97 Å². The molecule has 1 atom stereocenters. The lowest BCUT2D eigenvalue weighted by Gasteiger charge is -2.18. The van der Waals surface area contributed by atoms with E-state index in [1.54, 1.807) is 13.3 Å². The average molecular weight is 348 g/mol. The number of nitrogens with zero attached hydrogens (tertiary/aromatic N) is 3. The number of rotatable bonds is 7. The van der Waals surface area contributed by atoms with E-state index in [-0.39, 0.29) is 12.1 Å². The summed E-state index contributed by atoms with van der Waals surface area (Å²) in [5, 5.41) is 4.05. The molecule has 20 heavy (non-hydrogen) atoms. The summed E-state index contributed by atoms with van der Waals surface area (Å²) in [6.45, 7) is 1.34. The minimum Gasteiger partial charge on any atom is -0.468 e. The van der Waals surface area contributed by atoms with Gasteiger partial charge in [-0.25, -0.2) is 4.68 Å². The molecule has 0 bridgehead atoms. The highest BCUT2D eigenvalue weighted by molar-refractivity contribution is 9.10. The molecule has 0 aromatic carbocycles. The number of aromatic nitrogens is 2. The molecule has 0 aliphatic carbocycles. The summed E-state index contributed by atoms with van der Waals surface area (Å²) >= 11 is 3.15. The Balaban J connectivity index is 2.78. The second-order valence-electron chi connectivity index (χ2n) is 4.14. The number of alkyl halides is 1. The number of methoxy groups -OCH3 is 2. The van der Waals surface area contributed by atoms with Crippen LogP contribution < -0.4 is 10.5 Å². The zero-order valence-electron chi connectivity index (χ0n) is 11.7. The van der Waals surface area contributed by atoms with Crippen molar-refractivity contribution < 1.29 is 14.3 Å². The van der Waals surface area contributed by atoms with Crippen LogP contribution in [0.1, 0.15) is 0 Å². The van der Waals surface area contributed by atoms with Crippen LogP contribution in [-0.4, -0.2) is 55.0 Å². The molecule has 112 valence electrons. The molecule has 0 saturated heterocycles. The van der Waals surface area contributed by atoms with Crippen molar-refractivity contribution in [3.63, 3.8) is 0 Å². The summed E-state index contributed by atoms with van der Waals surface area (Å²) < 4.78 is 10.8. The van der Waals surface area contributed by atoms with Crippen LogP contribution in [0, 0.1) is 0 Å². The second kappa shape index (κ2) is 8.01. The molecule has 1 aromatic heterocycles. The largest absolute Gasteiger partial charge is 0.468 e. The number of ether oxygens (including phenoxy) is 2. The van der Waals surface area contributed by atoms with E-state index in [9.17, 15) is 9.59 Å². The fraction of sp³-hybridized carbons (Fsp3) is 0.583. The number of hydrogen-bond acceptors (Lipinski definition) is 6. The minimum absolute atomic E-state index is 0.119. The van der Waals surface area contributed by atoms with E-state index in [0.29, 0.717) is 18.8 Å². The maximum Gasteiger partial charge on any atom is 0.321 e. The molecule has 1 heterocycles. The van der Waals surface area contributed by atoms with Gasteiger partial charge in [0.1, 0.15) is 4.83 Å². The van der Waals surface area contributed by atoms with Gasteiger partial charge in [0.05, 0.1) is 32.1 Å². The van der Waals surface area contributed by atoms with Crippen LogP contribution in [-0.2, 0) is 20.8 Å². The molecule has 7 nitrogen and oxygen atoms in total. The van der Waals surface area contributed by atoms with Gasteiger partial charge < -0.3 is 14.4 Å². The first-order valence-corrected chi connectivity index (χ1v) is 6.90. The van der Waals surface area contributed by atoms with Crippen molar-refractivity contribution in [3.8, 4) is 0 Å². The Bertz CT molecular complexity index is 506. The SMILES string of the molecule is COCCN(C)c1cnn(CC(Br)C(=O)OC)c(=O)c1. The van der Waals surface area contributed by atoms with E-state index >= 15 is 0 Å². The molecule has 0 fully saturated rings. The first kappa shape index (κ1) is 16.6. The Morgan fingerprint density at radius 1 is 1.55 bits per heavy atom. The lowest BCUT2D eigenvalue weighted by molar-refractivity contribution is -0.140. The molecule has 1 unspecified atom stereocenters. The molecule has 0 saturated carbocycles. The normalized spacial score (nSPS) is 12.0. The molecule has 0 radical (unpaired) electrons. The second-order valence-corrected chi connectivity index (χ2v) is 5.24. The topological polar surface area (TPSA) is 73.7 Å². The standard InChI is InChI=1S/C12H18BrN3O4/c1-15(4-5-19-2)9-6-11(17)16(14-7-9)8-10(13)12(18)20-3/h6-7,10H,4-5,8H2,1-3H3. The lowest BCUT2D eigenvalue weighted by Crippen LogP contribution is -2.32. The summed E-state index contributed by atoms with van der Waals surface area (Å²) in [5.41, 5.74) is 0.424. The summed E-state index contributed by atoms with van der Waals surface area (Å²) in [7, 11) is 4.76. The number of anilines is 1. The van der Waals surface area contributed by atoms with Crippen LogP contribution in [0.5, 0.6) is 0 Å². The number of hydrogen-bond donors (Lipinski definition) is 0. The van der Waals surface area contributed by atoms with Crippen molar-refractivity contribution in [2.45, 2.75) is 11.4 Å². The third-order valence-electron chi connectivity index (χ3n) is 2.72. The van der Waals surface area contributed by atoms with Crippen molar-refractivity contribution in [3.05, 3.63) is 22.6 Å². The highest BCUT2D eigenvalue weighted by atomic mass is 79.9. The van der Waals surface area contributed by atoms with Gasteiger partial charge in [0.25, 0.3) is 5.56 Å². The first-order valence-electron chi connectivity index (χ1n) is 5.98. The molecule has 1 aromatic rings. The van der Waals surface area contributed by atoms with Crippen LogP contribution in [0.25, 0.3) is 0 Å². The van der Waals surface area contributed by atoms with Crippen LogP contribution in [0.3, 0.4) is 0 Å². The molecule has 1 rings (SSSR count). The molecule has 0 spiro atoms. The molecule has 8 heteroatoms. The first-order chi connectivity index (χ1) is 9.49.